The van der Waals surface area contributed by atoms with Gasteiger partial charge in [0, 0.05) is 20.2 Å². The highest BCUT2D eigenvalue weighted by Gasteiger charge is 2.26. The third-order valence-electron chi connectivity index (χ3n) is 4.43. The first-order valence-corrected chi connectivity index (χ1v) is 10.4. The second kappa shape index (κ2) is 9.29. The number of hydrogen-bond donors (Lipinski definition) is 0. The van der Waals surface area contributed by atoms with Crippen molar-refractivity contribution < 1.29 is 27.4 Å². The third-order valence-corrected chi connectivity index (χ3v) is 6.34. The number of rotatable bonds is 7. The molecule has 0 atom stereocenters. The second-order valence-corrected chi connectivity index (χ2v) is 8.26. The predicted octanol–water partition coefficient (Wildman–Crippen LogP) is 2.12. The van der Waals surface area contributed by atoms with Crippen molar-refractivity contribution in [1.82, 2.24) is 4.31 Å². The molecule has 0 aromatic heterocycles. The Balaban J connectivity index is 1.65. The molecule has 7 nitrogen and oxygen atoms in total. The molecule has 0 bridgehead atoms. The van der Waals surface area contributed by atoms with Crippen molar-refractivity contribution in [1.29, 1.82) is 0 Å². The van der Waals surface area contributed by atoms with Gasteiger partial charge in [-0.15, -0.1) is 0 Å². The standard InChI is InChI=1S/C20H23NO6S/c1-25-13-10-16-2-6-18(7-3-16)27-20(22)17-4-8-19(9-5-17)28(23,24)21-11-14-26-15-12-21/h2-9H,10-15H2,1H3. The first kappa shape index (κ1) is 20.5. The lowest BCUT2D eigenvalue weighted by molar-refractivity contribution is 0.0730. The molecule has 1 aliphatic rings. The molecule has 0 unspecified atom stereocenters. The molecule has 1 saturated heterocycles. The number of benzene rings is 2. The van der Waals surface area contributed by atoms with Gasteiger partial charge in [0.1, 0.15) is 5.75 Å². The fraction of sp³-hybridized carbons (Fsp3) is 0.350. The molecule has 150 valence electrons. The van der Waals surface area contributed by atoms with Gasteiger partial charge in [-0.3, -0.25) is 0 Å². The van der Waals surface area contributed by atoms with E-state index in [1.807, 2.05) is 12.1 Å². The van der Waals surface area contributed by atoms with E-state index in [9.17, 15) is 13.2 Å². The average Bonchev–Trinajstić information content (AvgIpc) is 2.74. The van der Waals surface area contributed by atoms with Gasteiger partial charge in [0.2, 0.25) is 10.0 Å². The van der Waals surface area contributed by atoms with E-state index in [2.05, 4.69) is 0 Å². The van der Waals surface area contributed by atoms with Crippen LogP contribution in [0.2, 0.25) is 0 Å². The normalized spacial score (nSPS) is 15.3. The Labute approximate surface area is 164 Å². The van der Waals surface area contributed by atoms with Gasteiger partial charge in [0.25, 0.3) is 0 Å². The zero-order chi connectivity index (χ0) is 20.0. The van der Waals surface area contributed by atoms with Crippen LogP contribution in [0.25, 0.3) is 0 Å². The Morgan fingerprint density at radius 1 is 1.04 bits per heavy atom. The molecule has 1 aliphatic heterocycles. The molecule has 2 aromatic carbocycles. The van der Waals surface area contributed by atoms with Crippen molar-refractivity contribution in [2.24, 2.45) is 0 Å². The van der Waals surface area contributed by atoms with Gasteiger partial charge in [0.15, 0.2) is 0 Å². The molecule has 1 heterocycles. The molecule has 28 heavy (non-hydrogen) atoms. The van der Waals surface area contributed by atoms with E-state index in [1.165, 1.54) is 28.6 Å². The van der Waals surface area contributed by atoms with Crippen molar-refractivity contribution in [2.75, 3.05) is 40.0 Å². The highest BCUT2D eigenvalue weighted by molar-refractivity contribution is 7.89. The van der Waals surface area contributed by atoms with Crippen molar-refractivity contribution in [2.45, 2.75) is 11.3 Å². The van der Waals surface area contributed by atoms with Crippen LogP contribution >= 0.6 is 0 Å². The van der Waals surface area contributed by atoms with E-state index in [4.69, 9.17) is 14.2 Å². The van der Waals surface area contributed by atoms with Gasteiger partial charge >= 0.3 is 5.97 Å². The van der Waals surface area contributed by atoms with Crippen LogP contribution in [-0.4, -0.2) is 58.7 Å². The van der Waals surface area contributed by atoms with Crippen LogP contribution in [0.5, 0.6) is 5.75 Å². The Kier molecular flexibility index (Phi) is 6.79. The van der Waals surface area contributed by atoms with Crippen LogP contribution in [0.1, 0.15) is 15.9 Å². The smallest absolute Gasteiger partial charge is 0.343 e. The lowest BCUT2D eigenvalue weighted by Gasteiger charge is -2.26. The quantitative estimate of drug-likeness (QED) is 0.518. The van der Waals surface area contributed by atoms with Gasteiger partial charge in [-0.05, 0) is 48.4 Å². The van der Waals surface area contributed by atoms with Crippen LogP contribution in [-0.2, 0) is 25.9 Å². The molecule has 2 aromatic rings. The monoisotopic (exact) mass is 405 g/mol. The van der Waals surface area contributed by atoms with E-state index < -0.39 is 16.0 Å². The molecule has 0 spiro atoms. The number of hydrogen-bond acceptors (Lipinski definition) is 6. The molecule has 0 aliphatic carbocycles. The van der Waals surface area contributed by atoms with Crippen molar-refractivity contribution in [3.05, 3.63) is 59.7 Å². The van der Waals surface area contributed by atoms with Gasteiger partial charge in [0.05, 0.1) is 30.3 Å². The Bertz CT molecular complexity index is 887. The SMILES string of the molecule is COCCc1ccc(OC(=O)c2ccc(S(=O)(=O)N3CCOCC3)cc2)cc1. The van der Waals surface area contributed by atoms with Gasteiger partial charge in [-0.25, -0.2) is 13.2 Å². The van der Waals surface area contributed by atoms with Gasteiger partial charge in [-0.2, -0.15) is 4.31 Å². The summed E-state index contributed by atoms with van der Waals surface area (Å²) < 4.78 is 42.2. The first-order valence-electron chi connectivity index (χ1n) is 8.99. The summed E-state index contributed by atoms with van der Waals surface area (Å²) in [5.74, 6) is -0.115. The number of ether oxygens (including phenoxy) is 3. The van der Waals surface area contributed by atoms with E-state index in [-0.39, 0.29) is 10.5 Å². The largest absolute Gasteiger partial charge is 0.423 e. The summed E-state index contributed by atoms with van der Waals surface area (Å²) in [7, 11) is -1.94. The molecule has 8 heteroatoms. The number of esters is 1. The summed E-state index contributed by atoms with van der Waals surface area (Å²) in [6, 6.07) is 13.0. The van der Waals surface area contributed by atoms with Gasteiger partial charge in [-0.1, -0.05) is 12.1 Å². The average molecular weight is 405 g/mol. The zero-order valence-electron chi connectivity index (χ0n) is 15.7. The first-order chi connectivity index (χ1) is 13.5. The van der Waals surface area contributed by atoms with Crippen LogP contribution in [0.15, 0.2) is 53.4 Å². The fourth-order valence-electron chi connectivity index (χ4n) is 2.81. The minimum Gasteiger partial charge on any atom is -0.423 e. The lowest BCUT2D eigenvalue weighted by Crippen LogP contribution is -2.40. The summed E-state index contributed by atoms with van der Waals surface area (Å²) >= 11 is 0. The Morgan fingerprint density at radius 3 is 2.29 bits per heavy atom. The highest BCUT2D eigenvalue weighted by Crippen LogP contribution is 2.19. The lowest BCUT2D eigenvalue weighted by atomic mass is 10.1. The third kappa shape index (κ3) is 4.96. The fourth-order valence-corrected chi connectivity index (χ4v) is 4.22. The molecule has 1 fully saturated rings. The van der Waals surface area contributed by atoms with E-state index in [0.29, 0.717) is 38.7 Å². The summed E-state index contributed by atoms with van der Waals surface area (Å²) in [4.78, 5) is 12.5. The molecular weight excluding hydrogens is 382 g/mol. The Hall–Kier alpha value is -2.26. The zero-order valence-corrected chi connectivity index (χ0v) is 16.5. The van der Waals surface area contributed by atoms with Crippen molar-refractivity contribution >= 4 is 16.0 Å². The number of sulfonamides is 1. The highest BCUT2D eigenvalue weighted by atomic mass is 32.2. The van der Waals surface area contributed by atoms with Crippen molar-refractivity contribution in [3.63, 3.8) is 0 Å². The minimum atomic E-state index is -3.58. The second-order valence-electron chi connectivity index (χ2n) is 6.32. The number of carbonyl (C=O) groups is 1. The molecule has 0 amide bonds. The van der Waals surface area contributed by atoms with Crippen LogP contribution in [0, 0.1) is 0 Å². The maximum absolute atomic E-state index is 12.6. The van der Waals surface area contributed by atoms with Gasteiger partial charge < -0.3 is 14.2 Å². The summed E-state index contributed by atoms with van der Waals surface area (Å²) in [5.41, 5.74) is 1.36. The molecule has 3 rings (SSSR count). The number of morpholine rings is 1. The molecule has 0 saturated carbocycles. The molecule has 0 radical (unpaired) electrons. The van der Waals surface area contributed by atoms with Crippen LogP contribution in [0.4, 0.5) is 0 Å². The number of methoxy groups -OCH3 is 1. The van der Waals surface area contributed by atoms with E-state index >= 15 is 0 Å². The molecular formula is C20H23NO6S. The number of carbonyl (C=O) groups excluding carboxylic acids is 1. The van der Waals surface area contributed by atoms with Crippen molar-refractivity contribution in [3.8, 4) is 5.75 Å². The van der Waals surface area contributed by atoms with E-state index in [0.717, 1.165) is 12.0 Å². The number of nitrogens with zero attached hydrogens (tertiary/aromatic N) is 1. The Morgan fingerprint density at radius 2 is 1.68 bits per heavy atom. The van der Waals surface area contributed by atoms with Crippen LogP contribution < -0.4 is 4.74 Å². The molecule has 0 N–H and O–H groups in total. The summed E-state index contributed by atoms with van der Waals surface area (Å²) in [5, 5.41) is 0. The maximum atomic E-state index is 12.6. The minimum absolute atomic E-state index is 0.147. The van der Waals surface area contributed by atoms with E-state index in [1.54, 1.807) is 19.2 Å². The topological polar surface area (TPSA) is 82.1 Å². The maximum Gasteiger partial charge on any atom is 0.343 e. The predicted molar refractivity (Wildman–Crippen MR) is 103 cm³/mol. The van der Waals surface area contributed by atoms with Crippen LogP contribution in [0.3, 0.4) is 0 Å². The summed E-state index contributed by atoms with van der Waals surface area (Å²) in [6.45, 7) is 2.04. The summed E-state index contributed by atoms with van der Waals surface area (Å²) in [6.07, 6.45) is 0.782.